The monoisotopic (exact) mass is 179 g/mol. The second-order valence-electron chi connectivity index (χ2n) is 4.06. The van der Waals surface area contributed by atoms with Gasteiger partial charge in [-0.15, -0.1) is 0 Å². The first-order valence-electron chi connectivity index (χ1n) is 4.95. The van der Waals surface area contributed by atoms with Crippen molar-refractivity contribution in [2.45, 2.75) is 25.8 Å². The molecule has 1 heterocycles. The van der Waals surface area contributed by atoms with Crippen LogP contribution in [0.2, 0.25) is 0 Å². The highest BCUT2D eigenvalue weighted by Crippen LogP contribution is 2.47. The molecule has 0 amide bonds. The first-order valence-corrected chi connectivity index (χ1v) is 4.95. The fourth-order valence-corrected chi connectivity index (χ4v) is 2.00. The zero-order chi connectivity index (χ0) is 9.42. The molecule has 0 saturated heterocycles. The van der Waals surface area contributed by atoms with E-state index in [0.29, 0.717) is 5.92 Å². The van der Waals surface area contributed by atoms with Crippen LogP contribution in [0.4, 0.5) is 0 Å². The summed E-state index contributed by atoms with van der Waals surface area (Å²) < 4.78 is 1.96. The number of imidazole rings is 1. The maximum Gasteiger partial charge on any atom is 0.0947 e. The molecule has 1 aromatic rings. The summed E-state index contributed by atoms with van der Waals surface area (Å²) in [6.07, 6.45) is 6.38. The maximum absolute atomic E-state index is 6.10. The van der Waals surface area contributed by atoms with Gasteiger partial charge in [0.25, 0.3) is 0 Å². The molecule has 1 aliphatic rings. The molecule has 1 fully saturated rings. The predicted octanol–water partition coefficient (Wildman–Crippen LogP) is 1.47. The van der Waals surface area contributed by atoms with Gasteiger partial charge in [-0.3, -0.25) is 0 Å². The minimum absolute atomic E-state index is 0.158. The number of hydrogen-bond donors (Lipinski definition) is 1. The van der Waals surface area contributed by atoms with E-state index in [0.717, 1.165) is 11.6 Å². The zero-order valence-electron chi connectivity index (χ0n) is 8.27. The first-order chi connectivity index (χ1) is 6.22. The van der Waals surface area contributed by atoms with Crippen LogP contribution in [0.15, 0.2) is 12.5 Å². The normalized spacial score (nSPS) is 28.8. The highest BCUT2D eigenvalue weighted by atomic mass is 15.0. The Morgan fingerprint density at radius 1 is 1.77 bits per heavy atom. The van der Waals surface area contributed by atoms with E-state index in [1.807, 2.05) is 24.1 Å². The van der Waals surface area contributed by atoms with Gasteiger partial charge in [0, 0.05) is 13.2 Å². The molecule has 1 aliphatic carbocycles. The molecule has 3 atom stereocenters. The Kier molecular flexibility index (Phi) is 2.12. The summed E-state index contributed by atoms with van der Waals surface area (Å²) in [6.45, 7) is 2.23. The second kappa shape index (κ2) is 3.14. The van der Waals surface area contributed by atoms with Gasteiger partial charge in [0.2, 0.25) is 0 Å². The van der Waals surface area contributed by atoms with Gasteiger partial charge >= 0.3 is 0 Å². The van der Waals surface area contributed by atoms with Crippen LogP contribution in [0.25, 0.3) is 0 Å². The van der Waals surface area contributed by atoms with E-state index in [1.54, 1.807) is 0 Å². The number of nitrogens with zero attached hydrogens (tertiary/aromatic N) is 2. The SMILES string of the molecule is CC[C@@H]1C[C@H]1C(N)c1cn(C)cn1. The van der Waals surface area contributed by atoms with E-state index in [-0.39, 0.29) is 6.04 Å². The van der Waals surface area contributed by atoms with Crippen LogP contribution in [-0.2, 0) is 7.05 Å². The van der Waals surface area contributed by atoms with E-state index in [2.05, 4.69) is 11.9 Å². The van der Waals surface area contributed by atoms with Crippen LogP contribution >= 0.6 is 0 Å². The molecule has 1 aromatic heterocycles. The molecule has 1 saturated carbocycles. The van der Waals surface area contributed by atoms with E-state index in [9.17, 15) is 0 Å². The molecule has 72 valence electrons. The van der Waals surface area contributed by atoms with Gasteiger partial charge in [0.15, 0.2) is 0 Å². The van der Waals surface area contributed by atoms with Crippen LogP contribution in [0, 0.1) is 11.8 Å². The Bertz CT molecular complexity index is 292. The number of aromatic nitrogens is 2. The summed E-state index contributed by atoms with van der Waals surface area (Å²) in [5.74, 6) is 1.52. The zero-order valence-corrected chi connectivity index (χ0v) is 8.27. The second-order valence-corrected chi connectivity index (χ2v) is 4.06. The Balaban J connectivity index is 2.02. The number of nitrogens with two attached hydrogens (primary N) is 1. The van der Waals surface area contributed by atoms with Gasteiger partial charge < -0.3 is 10.3 Å². The van der Waals surface area contributed by atoms with E-state index >= 15 is 0 Å². The molecule has 3 nitrogen and oxygen atoms in total. The highest BCUT2D eigenvalue weighted by molar-refractivity contribution is 5.09. The highest BCUT2D eigenvalue weighted by Gasteiger charge is 2.41. The van der Waals surface area contributed by atoms with Gasteiger partial charge in [-0.25, -0.2) is 4.98 Å². The van der Waals surface area contributed by atoms with Gasteiger partial charge in [-0.2, -0.15) is 0 Å². The summed E-state index contributed by atoms with van der Waals surface area (Å²) in [7, 11) is 1.98. The quantitative estimate of drug-likeness (QED) is 0.763. The van der Waals surface area contributed by atoms with Crippen molar-refractivity contribution in [2.75, 3.05) is 0 Å². The average molecular weight is 179 g/mol. The molecule has 2 N–H and O–H groups in total. The average Bonchev–Trinajstić information content (AvgIpc) is 2.80. The van der Waals surface area contributed by atoms with Crippen molar-refractivity contribution in [2.24, 2.45) is 24.6 Å². The Hall–Kier alpha value is -0.830. The standard InChI is InChI=1S/C10H17N3/c1-3-7-4-8(7)10(11)9-5-13(2)6-12-9/h5-8,10H,3-4,11H2,1-2H3/t7-,8-,10?/m1/s1. The fraction of sp³-hybridized carbons (Fsp3) is 0.700. The van der Waals surface area contributed by atoms with Gasteiger partial charge in [-0.1, -0.05) is 13.3 Å². The van der Waals surface area contributed by atoms with Crippen LogP contribution in [0.1, 0.15) is 31.5 Å². The van der Waals surface area contributed by atoms with Crippen LogP contribution < -0.4 is 5.73 Å². The molecule has 1 unspecified atom stereocenters. The molecule has 0 aromatic carbocycles. The summed E-state index contributed by atoms with van der Waals surface area (Å²) in [4.78, 5) is 4.28. The number of aryl methyl sites for hydroxylation is 1. The number of rotatable bonds is 3. The Morgan fingerprint density at radius 3 is 3.00 bits per heavy atom. The van der Waals surface area contributed by atoms with Crippen molar-refractivity contribution in [3.05, 3.63) is 18.2 Å². The van der Waals surface area contributed by atoms with Crippen molar-refractivity contribution in [3.63, 3.8) is 0 Å². The summed E-state index contributed by atoms with van der Waals surface area (Å²) in [6, 6.07) is 0.158. The van der Waals surface area contributed by atoms with Crippen molar-refractivity contribution >= 4 is 0 Å². The topological polar surface area (TPSA) is 43.8 Å². The lowest BCUT2D eigenvalue weighted by Crippen LogP contribution is -2.14. The molecule has 13 heavy (non-hydrogen) atoms. The lowest BCUT2D eigenvalue weighted by atomic mass is 10.1. The molecule has 0 spiro atoms. The van der Waals surface area contributed by atoms with Crippen LogP contribution in [0.3, 0.4) is 0 Å². The molecule has 3 heteroatoms. The van der Waals surface area contributed by atoms with Crippen molar-refractivity contribution in [1.29, 1.82) is 0 Å². The number of hydrogen-bond acceptors (Lipinski definition) is 2. The van der Waals surface area contributed by atoms with Crippen LogP contribution in [0.5, 0.6) is 0 Å². The third-order valence-corrected chi connectivity index (χ3v) is 3.03. The largest absolute Gasteiger partial charge is 0.340 e. The molecule has 0 radical (unpaired) electrons. The van der Waals surface area contributed by atoms with Crippen molar-refractivity contribution in [3.8, 4) is 0 Å². The third kappa shape index (κ3) is 1.61. The summed E-state index contributed by atoms with van der Waals surface area (Å²) >= 11 is 0. The predicted molar refractivity (Wildman–Crippen MR) is 52.0 cm³/mol. The van der Waals surface area contributed by atoms with Crippen LogP contribution in [-0.4, -0.2) is 9.55 Å². The van der Waals surface area contributed by atoms with E-state index < -0.39 is 0 Å². The Labute approximate surface area is 79.0 Å². The smallest absolute Gasteiger partial charge is 0.0947 e. The minimum atomic E-state index is 0.158. The lowest BCUT2D eigenvalue weighted by Gasteiger charge is -2.06. The van der Waals surface area contributed by atoms with Crippen molar-refractivity contribution in [1.82, 2.24) is 9.55 Å². The van der Waals surface area contributed by atoms with E-state index in [1.165, 1.54) is 12.8 Å². The molecular formula is C10H17N3. The summed E-state index contributed by atoms with van der Waals surface area (Å²) in [5, 5.41) is 0. The molecule has 0 aliphatic heterocycles. The molecular weight excluding hydrogens is 162 g/mol. The van der Waals surface area contributed by atoms with Gasteiger partial charge in [0.1, 0.15) is 0 Å². The Morgan fingerprint density at radius 2 is 2.54 bits per heavy atom. The molecule has 2 rings (SSSR count). The maximum atomic E-state index is 6.10. The summed E-state index contributed by atoms with van der Waals surface area (Å²) in [5.41, 5.74) is 7.15. The molecule has 0 bridgehead atoms. The van der Waals surface area contributed by atoms with Gasteiger partial charge in [-0.05, 0) is 18.3 Å². The van der Waals surface area contributed by atoms with Crippen molar-refractivity contribution < 1.29 is 0 Å². The minimum Gasteiger partial charge on any atom is -0.340 e. The third-order valence-electron chi connectivity index (χ3n) is 3.03. The fourth-order valence-electron chi connectivity index (χ4n) is 2.00. The first kappa shape index (κ1) is 8.75. The lowest BCUT2D eigenvalue weighted by molar-refractivity contribution is 0.556. The van der Waals surface area contributed by atoms with E-state index in [4.69, 9.17) is 5.73 Å². The van der Waals surface area contributed by atoms with Gasteiger partial charge in [0.05, 0.1) is 18.1 Å².